The van der Waals surface area contributed by atoms with Crippen molar-refractivity contribution in [3.63, 3.8) is 0 Å². The van der Waals surface area contributed by atoms with Crippen LogP contribution in [-0.4, -0.2) is 69.1 Å². The molecule has 1 heterocycles. The number of amides is 2. The third kappa shape index (κ3) is 5.69. The third-order valence-corrected chi connectivity index (χ3v) is 5.00. The molecule has 0 saturated carbocycles. The van der Waals surface area contributed by atoms with Gasteiger partial charge in [-0.05, 0) is 6.07 Å². The van der Waals surface area contributed by atoms with Crippen LogP contribution in [0.3, 0.4) is 0 Å². The van der Waals surface area contributed by atoms with Gasteiger partial charge in [-0.1, -0.05) is 0 Å². The number of thioether (sulfide) groups is 1. The lowest BCUT2D eigenvalue weighted by Gasteiger charge is -2.23. The highest BCUT2D eigenvalue weighted by Gasteiger charge is 2.22. The van der Waals surface area contributed by atoms with Crippen molar-refractivity contribution in [1.82, 2.24) is 10.2 Å². The molecule has 146 valence electrons. The number of ether oxygens (including phenoxy) is 2. The van der Waals surface area contributed by atoms with Crippen LogP contribution in [-0.2, 0) is 4.79 Å². The van der Waals surface area contributed by atoms with Gasteiger partial charge in [-0.2, -0.15) is 11.8 Å². The summed E-state index contributed by atoms with van der Waals surface area (Å²) in [5.74, 6) is 2.51. The summed E-state index contributed by atoms with van der Waals surface area (Å²) in [5.41, 5.74) is 0.784. The summed E-state index contributed by atoms with van der Waals surface area (Å²) >= 11 is 1.83. The first-order valence-corrected chi connectivity index (χ1v) is 9.20. The number of halogens is 1. The average molecular weight is 404 g/mol. The van der Waals surface area contributed by atoms with Crippen molar-refractivity contribution in [1.29, 1.82) is 0 Å². The molecular formula is C17H26ClN3O4S. The maximum absolute atomic E-state index is 12.5. The zero-order valence-electron chi connectivity index (χ0n) is 15.5. The second-order valence-corrected chi connectivity index (χ2v) is 7.08. The fourth-order valence-electron chi connectivity index (χ4n) is 2.58. The van der Waals surface area contributed by atoms with Crippen LogP contribution in [0.1, 0.15) is 16.8 Å². The van der Waals surface area contributed by atoms with E-state index in [1.807, 2.05) is 11.8 Å². The summed E-state index contributed by atoms with van der Waals surface area (Å²) in [6.07, 6.45) is 0.358. The number of hydrogen-bond donors (Lipinski definition) is 2. The van der Waals surface area contributed by atoms with Crippen molar-refractivity contribution in [3.8, 4) is 11.5 Å². The van der Waals surface area contributed by atoms with Gasteiger partial charge in [0.1, 0.15) is 0 Å². The van der Waals surface area contributed by atoms with Gasteiger partial charge in [0.15, 0.2) is 11.5 Å². The number of nitrogens with zero attached hydrogens (tertiary/aromatic N) is 1. The van der Waals surface area contributed by atoms with Gasteiger partial charge >= 0.3 is 0 Å². The van der Waals surface area contributed by atoms with Crippen LogP contribution in [0.5, 0.6) is 11.5 Å². The molecule has 2 N–H and O–H groups in total. The fourth-order valence-corrected chi connectivity index (χ4v) is 3.53. The Morgan fingerprint density at radius 3 is 2.46 bits per heavy atom. The van der Waals surface area contributed by atoms with E-state index in [2.05, 4.69) is 10.6 Å². The van der Waals surface area contributed by atoms with Crippen LogP contribution >= 0.6 is 24.2 Å². The van der Waals surface area contributed by atoms with Gasteiger partial charge in [-0.25, -0.2) is 0 Å². The highest BCUT2D eigenvalue weighted by atomic mass is 35.5. The molecule has 0 bridgehead atoms. The Labute approximate surface area is 164 Å². The first kappa shape index (κ1) is 22.4. The summed E-state index contributed by atoms with van der Waals surface area (Å²) in [7, 11) is 6.34. The number of rotatable bonds is 6. The van der Waals surface area contributed by atoms with Crippen molar-refractivity contribution < 1.29 is 19.1 Å². The summed E-state index contributed by atoms with van der Waals surface area (Å²) in [6, 6.07) is 3.36. The van der Waals surface area contributed by atoms with Gasteiger partial charge in [0.05, 0.1) is 25.5 Å². The predicted molar refractivity (Wildman–Crippen MR) is 107 cm³/mol. The van der Waals surface area contributed by atoms with Crippen molar-refractivity contribution in [2.24, 2.45) is 0 Å². The average Bonchev–Trinajstić information content (AvgIpc) is 2.61. The second kappa shape index (κ2) is 10.5. The van der Waals surface area contributed by atoms with E-state index >= 15 is 0 Å². The minimum atomic E-state index is -0.220. The van der Waals surface area contributed by atoms with Crippen LogP contribution in [0.15, 0.2) is 12.1 Å². The molecule has 0 aliphatic carbocycles. The molecular weight excluding hydrogens is 378 g/mol. The Morgan fingerprint density at radius 2 is 1.92 bits per heavy atom. The van der Waals surface area contributed by atoms with E-state index < -0.39 is 0 Å². The van der Waals surface area contributed by atoms with E-state index in [0.29, 0.717) is 29.2 Å². The minimum absolute atomic E-state index is 0. The zero-order chi connectivity index (χ0) is 18.4. The largest absolute Gasteiger partial charge is 0.493 e. The monoisotopic (exact) mass is 403 g/mol. The molecule has 2 amide bonds. The molecule has 0 aromatic heterocycles. The number of carbonyl (C=O) groups is 2. The molecule has 1 aliphatic heterocycles. The Hall–Kier alpha value is -1.64. The number of nitrogens with one attached hydrogen (secondary N) is 2. The topological polar surface area (TPSA) is 79.9 Å². The maximum atomic E-state index is 12.5. The molecule has 0 radical (unpaired) electrons. The van der Waals surface area contributed by atoms with Gasteiger partial charge in [0, 0.05) is 50.7 Å². The molecule has 1 aliphatic rings. The summed E-state index contributed by atoms with van der Waals surface area (Å²) in [6.45, 7) is 0.906. The minimum Gasteiger partial charge on any atom is -0.493 e. The van der Waals surface area contributed by atoms with Crippen LogP contribution in [0.4, 0.5) is 5.69 Å². The summed E-state index contributed by atoms with van der Waals surface area (Å²) < 4.78 is 10.6. The number of benzene rings is 1. The molecule has 7 nitrogen and oxygen atoms in total. The van der Waals surface area contributed by atoms with E-state index in [1.54, 1.807) is 26.2 Å². The molecule has 0 spiro atoms. The SMILES string of the molecule is COc1cc(NC(=O)CC2CSCCN2)c(C(=O)N(C)C)cc1OC.Cl. The van der Waals surface area contributed by atoms with Crippen LogP contribution < -0.4 is 20.1 Å². The van der Waals surface area contributed by atoms with Gasteiger partial charge in [0.25, 0.3) is 5.91 Å². The van der Waals surface area contributed by atoms with E-state index in [4.69, 9.17) is 9.47 Å². The van der Waals surface area contributed by atoms with Crippen molar-refractivity contribution >= 4 is 41.7 Å². The van der Waals surface area contributed by atoms with Gasteiger partial charge < -0.3 is 25.0 Å². The number of hydrogen-bond acceptors (Lipinski definition) is 6. The summed E-state index contributed by atoms with van der Waals surface area (Å²) in [4.78, 5) is 26.3. The lowest BCUT2D eigenvalue weighted by Crippen LogP contribution is -2.40. The highest BCUT2D eigenvalue weighted by molar-refractivity contribution is 7.99. The second-order valence-electron chi connectivity index (χ2n) is 5.93. The van der Waals surface area contributed by atoms with Crippen LogP contribution in [0, 0.1) is 0 Å². The molecule has 1 aromatic rings. The summed E-state index contributed by atoms with van der Waals surface area (Å²) in [5, 5.41) is 6.18. The van der Waals surface area contributed by atoms with E-state index in [0.717, 1.165) is 18.1 Å². The molecule has 26 heavy (non-hydrogen) atoms. The number of carbonyl (C=O) groups excluding carboxylic acids is 2. The molecule has 1 atom stereocenters. The third-order valence-electron chi connectivity index (χ3n) is 3.86. The van der Waals surface area contributed by atoms with E-state index in [9.17, 15) is 9.59 Å². The lowest BCUT2D eigenvalue weighted by atomic mass is 10.1. The Bertz CT molecular complexity index is 637. The van der Waals surface area contributed by atoms with Crippen LogP contribution in [0.25, 0.3) is 0 Å². The zero-order valence-corrected chi connectivity index (χ0v) is 17.1. The smallest absolute Gasteiger partial charge is 0.255 e. The van der Waals surface area contributed by atoms with Crippen molar-refractivity contribution in [2.45, 2.75) is 12.5 Å². The lowest BCUT2D eigenvalue weighted by molar-refractivity contribution is -0.116. The fraction of sp³-hybridized carbons (Fsp3) is 0.529. The molecule has 9 heteroatoms. The van der Waals surface area contributed by atoms with Gasteiger partial charge in [0.2, 0.25) is 5.91 Å². The first-order valence-electron chi connectivity index (χ1n) is 8.05. The standard InChI is InChI=1S/C17H25N3O4S.ClH/c1-20(2)17(22)12-8-14(23-3)15(24-4)9-13(12)19-16(21)7-11-10-25-6-5-18-11;/h8-9,11,18H,5-7,10H2,1-4H3,(H,19,21);1H. The number of methoxy groups -OCH3 is 2. The Balaban J connectivity index is 0.00000338. The predicted octanol–water partition coefficient (Wildman–Crippen LogP) is 1.86. The first-order chi connectivity index (χ1) is 12.0. The molecule has 1 fully saturated rings. The molecule has 1 aromatic carbocycles. The maximum Gasteiger partial charge on any atom is 0.255 e. The van der Waals surface area contributed by atoms with Gasteiger partial charge in [-0.15, -0.1) is 12.4 Å². The van der Waals surface area contributed by atoms with Crippen LogP contribution in [0.2, 0.25) is 0 Å². The highest BCUT2D eigenvalue weighted by Crippen LogP contribution is 2.34. The quantitative estimate of drug-likeness (QED) is 0.754. The van der Waals surface area contributed by atoms with Gasteiger partial charge in [-0.3, -0.25) is 9.59 Å². The van der Waals surface area contributed by atoms with E-state index in [1.165, 1.54) is 19.1 Å². The Morgan fingerprint density at radius 1 is 1.27 bits per heavy atom. The van der Waals surface area contributed by atoms with E-state index in [-0.39, 0.29) is 30.3 Å². The molecule has 2 rings (SSSR count). The van der Waals surface area contributed by atoms with Crippen molar-refractivity contribution in [2.75, 3.05) is 51.7 Å². The molecule has 1 saturated heterocycles. The molecule has 1 unspecified atom stereocenters. The number of anilines is 1. The normalized spacial score (nSPS) is 16.2. The van der Waals surface area contributed by atoms with Crippen molar-refractivity contribution in [3.05, 3.63) is 17.7 Å². The Kier molecular flexibility index (Phi) is 9.04.